The lowest BCUT2D eigenvalue weighted by Crippen LogP contribution is -2.09. The van der Waals surface area contributed by atoms with Crippen molar-refractivity contribution in [2.75, 3.05) is 24.9 Å². The third-order valence-electron chi connectivity index (χ3n) is 11.7. The monoisotopic (exact) mass is 1070 g/mol. The number of halogens is 3. The molecule has 1 fully saturated rings. The van der Waals surface area contributed by atoms with Crippen molar-refractivity contribution < 1.29 is 28.9 Å². The van der Waals surface area contributed by atoms with Gasteiger partial charge in [-0.1, -0.05) is 71.7 Å². The number of carbonyl (C=O) groups excluding carboxylic acids is 2. The Bertz CT molecular complexity index is 3360. The second-order valence-corrected chi connectivity index (χ2v) is 18.1. The van der Waals surface area contributed by atoms with E-state index in [4.69, 9.17) is 32.7 Å². The fourth-order valence-electron chi connectivity index (χ4n) is 7.70. The Balaban J connectivity index is 0.000000193. The minimum absolute atomic E-state index is 0.00678. The summed E-state index contributed by atoms with van der Waals surface area (Å²) < 4.78 is 13.9. The van der Waals surface area contributed by atoms with Crippen molar-refractivity contribution in [1.82, 2.24) is 29.5 Å². The molecule has 1 aliphatic rings. The van der Waals surface area contributed by atoms with Crippen LogP contribution in [0.3, 0.4) is 0 Å². The van der Waals surface area contributed by atoms with E-state index in [2.05, 4.69) is 46.7 Å². The molecule has 0 aliphatic heterocycles. The van der Waals surface area contributed by atoms with Crippen LogP contribution in [0.15, 0.2) is 126 Å². The maximum absolute atomic E-state index is 13.4. The van der Waals surface area contributed by atoms with Crippen LogP contribution in [0.1, 0.15) is 78.8 Å². The van der Waals surface area contributed by atoms with E-state index in [-0.39, 0.29) is 56.3 Å². The minimum Gasteiger partial charge on any atom is -0.497 e. The summed E-state index contributed by atoms with van der Waals surface area (Å²) in [5, 5.41) is 39.6. The highest BCUT2D eigenvalue weighted by molar-refractivity contribution is 9.10. The number of rotatable bonds is 17. The third-order valence-corrected chi connectivity index (χ3v) is 12.8. The molecule has 4 aromatic carbocycles. The number of nitrogens with one attached hydrogen (secondary N) is 2. The number of carbonyl (C=O) groups is 2. The first kappa shape index (κ1) is 50.4. The molecular formula is C51H43BrCl2N10O8. The van der Waals surface area contributed by atoms with E-state index in [0.717, 1.165) is 29.7 Å². The van der Waals surface area contributed by atoms with Gasteiger partial charge in [0.15, 0.2) is 11.6 Å². The van der Waals surface area contributed by atoms with Gasteiger partial charge in [-0.3, -0.25) is 44.2 Å². The molecular weight excluding hydrogens is 1030 g/mol. The van der Waals surface area contributed by atoms with Gasteiger partial charge in [0.05, 0.1) is 69.7 Å². The van der Waals surface area contributed by atoms with Gasteiger partial charge in [0, 0.05) is 35.1 Å². The largest absolute Gasteiger partial charge is 0.497 e. The molecule has 0 atom stereocenters. The molecule has 0 radical (unpaired) electrons. The summed E-state index contributed by atoms with van der Waals surface area (Å²) >= 11 is 15.8. The molecule has 2 N–H and O–H groups in total. The van der Waals surface area contributed by atoms with Gasteiger partial charge < -0.3 is 20.1 Å². The zero-order chi connectivity index (χ0) is 51.2. The van der Waals surface area contributed by atoms with E-state index in [9.17, 15) is 29.8 Å². The van der Waals surface area contributed by atoms with Gasteiger partial charge in [-0.15, -0.1) is 10.2 Å². The van der Waals surface area contributed by atoms with Crippen LogP contribution in [0.4, 0.5) is 34.4 Å². The Kier molecular flexibility index (Phi) is 15.4. The van der Waals surface area contributed by atoms with Crippen LogP contribution in [-0.4, -0.2) is 65.2 Å². The van der Waals surface area contributed by atoms with Gasteiger partial charge in [0.25, 0.3) is 0 Å². The number of hydrogen-bond donors (Lipinski definition) is 2. The summed E-state index contributed by atoms with van der Waals surface area (Å²) in [6.07, 6.45) is 4.92. The lowest BCUT2D eigenvalue weighted by atomic mass is 10.0. The van der Waals surface area contributed by atoms with E-state index >= 15 is 0 Å². The predicted molar refractivity (Wildman–Crippen MR) is 276 cm³/mol. The number of pyridine rings is 2. The predicted octanol–water partition coefficient (Wildman–Crippen LogP) is 12.0. The van der Waals surface area contributed by atoms with E-state index in [1.807, 2.05) is 48.5 Å². The Morgan fingerprint density at radius 3 is 1.47 bits per heavy atom. The number of ether oxygens (including phenoxy) is 2. The number of hydrogen-bond acceptors (Lipinski definition) is 14. The fraction of sp³-hybridized carbons (Fsp3) is 0.176. The molecule has 9 rings (SSSR count). The van der Waals surface area contributed by atoms with Crippen LogP contribution in [0.25, 0.3) is 0 Å². The second kappa shape index (κ2) is 22.0. The van der Waals surface area contributed by atoms with Crippen molar-refractivity contribution in [2.45, 2.75) is 45.7 Å². The molecule has 72 heavy (non-hydrogen) atoms. The molecule has 1 saturated carbocycles. The summed E-state index contributed by atoms with van der Waals surface area (Å²) in [6, 6.07) is 31.5. The highest BCUT2D eigenvalue weighted by Gasteiger charge is 2.31. The van der Waals surface area contributed by atoms with Crippen LogP contribution in [-0.2, 0) is 13.1 Å². The van der Waals surface area contributed by atoms with Gasteiger partial charge >= 0.3 is 11.4 Å². The van der Waals surface area contributed by atoms with Crippen LogP contribution >= 0.6 is 39.1 Å². The number of nitrogens with zero attached hydrogens (tertiary/aromatic N) is 8. The smallest absolute Gasteiger partial charge is 0.334 e. The first-order valence-corrected chi connectivity index (χ1v) is 23.7. The quantitative estimate of drug-likeness (QED) is 0.0375. The minimum atomic E-state index is -0.499. The molecule has 21 heteroatoms. The molecule has 8 aromatic rings. The number of anilines is 4. The third kappa shape index (κ3) is 11.3. The topological polar surface area (TPSA) is 224 Å². The molecule has 4 aromatic heterocycles. The van der Waals surface area contributed by atoms with Crippen molar-refractivity contribution >= 4 is 85.1 Å². The molecule has 0 saturated heterocycles. The van der Waals surface area contributed by atoms with E-state index in [1.165, 1.54) is 17.1 Å². The first-order valence-electron chi connectivity index (χ1n) is 22.1. The van der Waals surface area contributed by atoms with Crippen LogP contribution in [0.2, 0.25) is 10.0 Å². The molecule has 1 aliphatic carbocycles. The summed E-state index contributed by atoms with van der Waals surface area (Å²) in [6.45, 7) is 3.91. The Hall–Kier alpha value is -8.00. The number of ketones is 2. The SMILES string of the molecule is COc1ccc(Cn2nc(Nc3cc(Br)ncc3C(=O)c3ccccc3Cl)c([N+](=O)[O-])c2C)cc1.COc1ccc(Cn2nc(Nc3cc(C4CC4)ncc3C(=O)c3ccccc3Cl)c([N+](=O)[O-])c2C)cc1. The number of aromatic nitrogens is 6. The summed E-state index contributed by atoms with van der Waals surface area (Å²) in [7, 11) is 3.17. The zero-order valence-electron chi connectivity index (χ0n) is 38.9. The fourth-order valence-corrected chi connectivity index (χ4v) is 8.48. The Labute approximate surface area is 430 Å². The van der Waals surface area contributed by atoms with Crippen molar-refractivity contribution in [1.29, 1.82) is 0 Å². The number of methoxy groups -OCH3 is 2. The van der Waals surface area contributed by atoms with Crippen LogP contribution in [0.5, 0.6) is 11.5 Å². The van der Waals surface area contributed by atoms with Gasteiger partial charge in [0.2, 0.25) is 11.6 Å². The molecule has 0 amide bonds. The molecule has 366 valence electrons. The van der Waals surface area contributed by atoms with Gasteiger partial charge in [-0.05, 0) is 114 Å². The van der Waals surface area contributed by atoms with Crippen LogP contribution < -0.4 is 20.1 Å². The summed E-state index contributed by atoms with van der Waals surface area (Å²) in [5.74, 6) is 1.08. The maximum atomic E-state index is 13.4. The van der Waals surface area contributed by atoms with E-state index in [1.54, 1.807) is 93.4 Å². The first-order chi connectivity index (χ1) is 34.6. The molecule has 4 heterocycles. The highest BCUT2D eigenvalue weighted by Crippen LogP contribution is 2.42. The molecule has 18 nitrogen and oxygen atoms in total. The summed E-state index contributed by atoms with van der Waals surface area (Å²) in [4.78, 5) is 58.3. The van der Waals surface area contributed by atoms with Gasteiger partial charge in [0.1, 0.15) is 27.5 Å². The van der Waals surface area contributed by atoms with Crippen molar-refractivity contribution in [3.63, 3.8) is 0 Å². The Morgan fingerprint density at radius 1 is 0.653 bits per heavy atom. The Morgan fingerprint density at radius 2 is 1.07 bits per heavy atom. The number of benzene rings is 4. The molecule has 0 bridgehead atoms. The van der Waals surface area contributed by atoms with Gasteiger partial charge in [-0.25, -0.2) is 4.98 Å². The van der Waals surface area contributed by atoms with E-state index in [0.29, 0.717) is 68.5 Å². The lowest BCUT2D eigenvalue weighted by molar-refractivity contribution is -0.384. The molecule has 0 unspecified atom stereocenters. The zero-order valence-corrected chi connectivity index (χ0v) is 42.0. The van der Waals surface area contributed by atoms with Crippen molar-refractivity contribution in [3.8, 4) is 11.5 Å². The average Bonchev–Trinajstić information content (AvgIpc) is 4.12. The lowest BCUT2D eigenvalue weighted by Gasteiger charge is -2.12. The van der Waals surface area contributed by atoms with Gasteiger partial charge in [-0.2, -0.15) is 0 Å². The maximum Gasteiger partial charge on any atom is 0.334 e. The summed E-state index contributed by atoms with van der Waals surface area (Å²) in [5.41, 5.74) is 4.79. The van der Waals surface area contributed by atoms with Crippen molar-refractivity contribution in [2.24, 2.45) is 0 Å². The normalized spacial score (nSPS) is 11.8. The second-order valence-electron chi connectivity index (χ2n) is 16.4. The molecule has 0 spiro atoms. The highest BCUT2D eigenvalue weighted by atomic mass is 79.9. The van der Waals surface area contributed by atoms with Crippen molar-refractivity contribution in [3.05, 3.63) is 207 Å². The average molecular weight is 1070 g/mol. The van der Waals surface area contributed by atoms with Crippen LogP contribution in [0, 0.1) is 34.1 Å². The van der Waals surface area contributed by atoms with E-state index < -0.39 is 9.85 Å². The number of nitro groups is 2. The standard InChI is InChI=1S/C27H24ClN5O4.C24H19BrClN5O4/c1-16-25(33(35)36)27(31-32(16)15-17-7-11-19(37-2)12-8-17)30-24-13-23(18-9-10-18)29-14-21(24)26(34)20-5-3-4-6-22(20)28;1-14-22(31(33)34)24(29-30(14)13-15-7-9-16(35-2)10-8-15)28-20-11-21(25)27-12-18(20)23(32)17-5-3-4-6-19(17)26/h3-8,11-14,18H,9-10,15H2,1-2H3,(H,29,30,31);3-12H,13H2,1-2H3,(H,27,28,29).